The highest BCUT2D eigenvalue weighted by Crippen LogP contribution is 2.23. The molecule has 0 spiro atoms. The van der Waals surface area contributed by atoms with Crippen molar-refractivity contribution >= 4 is 11.8 Å². The van der Waals surface area contributed by atoms with Crippen LogP contribution in [0.5, 0.6) is 0 Å². The number of piperidine rings is 1. The van der Waals surface area contributed by atoms with E-state index in [1.807, 2.05) is 30.3 Å². The fraction of sp³-hybridized carbons (Fsp3) is 0.467. The smallest absolute Gasteiger partial charge is 0.352 e. The van der Waals surface area contributed by atoms with E-state index < -0.39 is 18.0 Å². The third-order valence-electron chi connectivity index (χ3n) is 3.63. The second kappa shape index (κ2) is 6.81. The number of hydrogen-bond donors (Lipinski definition) is 1. The van der Waals surface area contributed by atoms with Gasteiger partial charge in [-0.25, -0.2) is 0 Å². The molecule has 1 aromatic rings. The number of carbonyl (C=O) groups excluding carboxylic acids is 2. The van der Waals surface area contributed by atoms with Gasteiger partial charge in [0.15, 0.2) is 0 Å². The van der Waals surface area contributed by atoms with Crippen LogP contribution in [-0.2, 0) is 16.1 Å². The third-order valence-corrected chi connectivity index (χ3v) is 3.63. The van der Waals surface area contributed by atoms with E-state index in [2.05, 4.69) is 5.32 Å². The van der Waals surface area contributed by atoms with Gasteiger partial charge in [-0.3, -0.25) is 9.59 Å². The molecule has 0 aromatic heterocycles. The molecule has 0 radical (unpaired) electrons. The first kappa shape index (κ1) is 16.3. The zero-order valence-electron chi connectivity index (χ0n) is 11.9. The van der Waals surface area contributed by atoms with E-state index in [1.165, 1.54) is 0 Å². The number of nitrogens with zero attached hydrogens (tertiary/aromatic N) is 1. The fourth-order valence-electron chi connectivity index (χ4n) is 2.48. The summed E-state index contributed by atoms with van der Waals surface area (Å²) < 4.78 is 37.3. The van der Waals surface area contributed by atoms with Gasteiger partial charge in [-0.15, -0.1) is 0 Å². The topological polar surface area (TPSA) is 49.4 Å². The van der Waals surface area contributed by atoms with Crippen molar-refractivity contribution in [2.45, 2.75) is 25.6 Å². The molecule has 1 fully saturated rings. The summed E-state index contributed by atoms with van der Waals surface area (Å²) in [5.41, 5.74) is 0.912. The standard InChI is InChI=1S/C15H17F3N2O2/c16-15(17,18)14(22)20-8-4-7-12(10-20)13(21)19-9-11-5-2-1-3-6-11/h1-3,5-6,12H,4,7-10H2,(H,19,21). The molecule has 1 unspecified atom stereocenters. The highest BCUT2D eigenvalue weighted by molar-refractivity contribution is 5.84. The number of amides is 2. The van der Waals surface area contributed by atoms with Gasteiger partial charge in [0.2, 0.25) is 5.91 Å². The van der Waals surface area contributed by atoms with Crippen LogP contribution in [0, 0.1) is 5.92 Å². The average molecular weight is 314 g/mol. The largest absolute Gasteiger partial charge is 0.471 e. The Morgan fingerprint density at radius 2 is 1.91 bits per heavy atom. The Morgan fingerprint density at radius 1 is 1.23 bits per heavy atom. The van der Waals surface area contributed by atoms with E-state index in [0.717, 1.165) is 10.5 Å². The summed E-state index contributed by atoms with van der Waals surface area (Å²) in [6.07, 6.45) is -4.00. The maximum absolute atomic E-state index is 12.4. The summed E-state index contributed by atoms with van der Waals surface area (Å²) in [4.78, 5) is 24.0. The van der Waals surface area contributed by atoms with Crippen LogP contribution >= 0.6 is 0 Å². The van der Waals surface area contributed by atoms with Crippen LogP contribution in [0.25, 0.3) is 0 Å². The summed E-state index contributed by atoms with van der Waals surface area (Å²) in [6.45, 7) is 0.184. The van der Waals surface area contributed by atoms with Gasteiger partial charge < -0.3 is 10.2 Å². The Labute approximate surface area is 126 Å². The minimum Gasteiger partial charge on any atom is -0.352 e. The molecule has 7 heteroatoms. The Bertz CT molecular complexity index is 531. The van der Waals surface area contributed by atoms with Gasteiger partial charge in [-0.05, 0) is 18.4 Å². The fourth-order valence-corrected chi connectivity index (χ4v) is 2.48. The normalized spacial score (nSPS) is 18.9. The Morgan fingerprint density at radius 3 is 2.55 bits per heavy atom. The van der Waals surface area contributed by atoms with Crippen molar-refractivity contribution in [2.75, 3.05) is 13.1 Å². The van der Waals surface area contributed by atoms with Crippen LogP contribution in [0.3, 0.4) is 0 Å². The maximum Gasteiger partial charge on any atom is 0.471 e. The zero-order valence-corrected chi connectivity index (χ0v) is 11.9. The quantitative estimate of drug-likeness (QED) is 0.929. The van der Waals surface area contributed by atoms with Crippen molar-refractivity contribution in [1.29, 1.82) is 0 Å². The Balaban J connectivity index is 1.89. The summed E-state index contributed by atoms with van der Waals surface area (Å²) >= 11 is 0. The van der Waals surface area contributed by atoms with Crippen molar-refractivity contribution < 1.29 is 22.8 Å². The first-order chi connectivity index (χ1) is 10.4. The van der Waals surface area contributed by atoms with E-state index >= 15 is 0 Å². The maximum atomic E-state index is 12.4. The lowest BCUT2D eigenvalue weighted by Crippen LogP contribution is -2.49. The molecule has 1 N–H and O–H groups in total. The molecule has 2 amide bonds. The molecule has 0 bridgehead atoms. The lowest BCUT2D eigenvalue weighted by Gasteiger charge is -2.32. The van der Waals surface area contributed by atoms with Crippen molar-refractivity contribution in [1.82, 2.24) is 10.2 Å². The molecular formula is C15H17F3N2O2. The number of carbonyl (C=O) groups is 2. The predicted molar refractivity (Wildman–Crippen MR) is 73.6 cm³/mol. The van der Waals surface area contributed by atoms with Gasteiger partial charge in [-0.1, -0.05) is 30.3 Å². The summed E-state index contributed by atoms with van der Waals surface area (Å²) in [5, 5.41) is 2.71. The first-order valence-corrected chi connectivity index (χ1v) is 7.05. The molecule has 120 valence electrons. The van der Waals surface area contributed by atoms with Gasteiger partial charge in [0.05, 0.1) is 5.92 Å². The predicted octanol–water partition coefficient (Wildman–Crippen LogP) is 2.10. The van der Waals surface area contributed by atoms with Crippen LogP contribution in [-0.4, -0.2) is 36.0 Å². The molecule has 0 aliphatic carbocycles. The van der Waals surface area contributed by atoms with E-state index in [1.54, 1.807) is 0 Å². The minimum atomic E-state index is -4.89. The first-order valence-electron chi connectivity index (χ1n) is 7.05. The van der Waals surface area contributed by atoms with Gasteiger partial charge in [-0.2, -0.15) is 13.2 Å². The highest BCUT2D eigenvalue weighted by Gasteiger charge is 2.44. The number of alkyl halides is 3. The van der Waals surface area contributed by atoms with Crippen LogP contribution in [0.4, 0.5) is 13.2 Å². The summed E-state index contributed by atoms with van der Waals surface area (Å²) in [7, 11) is 0. The minimum absolute atomic E-state index is 0.0425. The lowest BCUT2D eigenvalue weighted by molar-refractivity contribution is -0.187. The van der Waals surface area contributed by atoms with Gasteiger partial charge in [0.1, 0.15) is 0 Å². The zero-order chi connectivity index (χ0) is 16.2. The number of likely N-dealkylation sites (tertiary alicyclic amines) is 1. The van der Waals surface area contributed by atoms with Crippen LogP contribution < -0.4 is 5.32 Å². The van der Waals surface area contributed by atoms with Gasteiger partial charge in [0, 0.05) is 19.6 Å². The molecule has 1 aliphatic rings. The molecule has 1 saturated heterocycles. The van der Waals surface area contributed by atoms with E-state index in [4.69, 9.17) is 0 Å². The van der Waals surface area contributed by atoms with Crippen LogP contribution in [0.15, 0.2) is 30.3 Å². The molecular weight excluding hydrogens is 297 g/mol. The van der Waals surface area contributed by atoms with Crippen LogP contribution in [0.2, 0.25) is 0 Å². The molecule has 1 aromatic carbocycles. The molecule has 1 aliphatic heterocycles. The SMILES string of the molecule is O=C(NCc1ccccc1)C1CCCN(C(=O)C(F)(F)F)C1. The number of rotatable bonds is 3. The van der Waals surface area contributed by atoms with Gasteiger partial charge in [0.25, 0.3) is 0 Å². The van der Waals surface area contributed by atoms with Crippen molar-refractivity contribution in [3.63, 3.8) is 0 Å². The second-order valence-corrected chi connectivity index (χ2v) is 5.29. The molecule has 4 nitrogen and oxygen atoms in total. The number of hydrogen-bond acceptors (Lipinski definition) is 2. The number of halogens is 3. The number of benzene rings is 1. The van der Waals surface area contributed by atoms with Crippen molar-refractivity contribution in [3.8, 4) is 0 Å². The van der Waals surface area contributed by atoms with Crippen LogP contribution in [0.1, 0.15) is 18.4 Å². The highest BCUT2D eigenvalue weighted by atomic mass is 19.4. The Hall–Kier alpha value is -2.05. The van der Waals surface area contributed by atoms with Gasteiger partial charge >= 0.3 is 12.1 Å². The molecule has 1 heterocycles. The molecule has 1 atom stereocenters. The van der Waals surface area contributed by atoms with E-state index in [-0.39, 0.29) is 19.0 Å². The summed E-state index contributed by atoms with van der Waals surface area (Å²) in [5.74, 6) is -2.78. The summed E-state index contributed by atoms with van der Waals surface area (Å²) in [6, 6.07) is 9.23. The monoisotopic (exact) mass is 314 g/mol. The van der Waals surface area contributed by atoms with E-state index in [9.17, 15) is 22.8 Å². The van der Waals surface area contributed by atoms with E-state index in [0.29, 0.717) is 19.4 Å². The number of nitrogens with one attached hydrogen (secondary N) is 1. The van der Waals surface area contributed by atoms with Crippen molar-refractivity contribution in [3.05, 3.63) is 35.9 Å². The van der Waals surface area contributed by atoms with Crippen molar-refractivity contribution in [2.24, 2.45) is 5.92 Å². The average Bonchev–Trinajstić information content (AvgIpc) is 2.52. The molecule has 22 heavy (non-hydrogen) atoms. The lowest BCUT2D eigenvalue weighted by atomic mass is 9.97. The molecule has 2 rings (SSSR count). The third kappa shape index (κ3) is 4.22. The second-order valence-electron chi connectivity index (χ2n) is 5.29. The Kier molecular flexibility index (Phi) is 5.05. The molecule has 0 saturated carbocycles.